The van der Waals surface area contributed by atoms with Crippen molar-refractivity contribution in [2.75, 3.05) is 0 Å². The first-order chi connectivity index (χ1) is 8.99. The molecular formula is C15H22BrClN2. The van der Waals surface area contributed by atoms with Crippen molar-refractivity contribution < 1.29 is 0 Å². The molecule has 1 fully saturated rings. The van der Waals surface area contributed by atoms with Crippen LogP contribution in [0.15, 0.2) is 22.7 Å². The second kappa shape index (κ2) is 6.57. The van der Waals surface area contributed by atoms with Crippen molar-refractivity contribution in [3.05, 3.63) is 33.3 Å². The standard InChI is InChI=1S/C15H22BrClN2/c1-10-5-4-6-11(2)19(10)18-12(3)14-8-7-13(16)9-15(14)17/h7-12,18H,4-6H2,1-3H3. The Morgan fingerprint density at radius 1 is 1.32 bits per heavy atom. The van der Waals surface area contributed by atoms with E-state index in [9.17, 15) is 0 Å². The van der Waals surface area contributed by atoms with E-state index >= 15 is 0 Å². The summed E-state index contributed by atoms with van der Waals surface area (Å²) in [5.41, 5.74) is 4.78. The maximum Gasteiger partial charge on any atom is 0.0465 e. The van der Waals surface area contributed by atoms with Crippen molar-refractivity contribution in [2.45, 2.75) is 58.2 Å². The van der Waals surface area contributed by atoms with Gasteiger partial charge in [0.1, 0.15) is 0 Å². The highest BCUT2D eigenvalue weighted by Gasteiger charge is 2.26. The van der Waals surface area contributed by atoms with Crippen molar-refractivity contribution in [1.82, 2.24) is 10.4 Å². The van der Waals surface area contributed by atoms with Crippen molar-refractivity contribution in [3.63, 3.8) is 0 Å². The minimum atomic E-state index is 0.226. The summed E-state index contributed by atoms with van der Waals surface area (Å²) in [6.45, 7) is 6.75. The molecule has 3 atom stereocenters. The number of piperidine rings is 1. The zero-order valence-electron chi connectivity index (χ0n) is 11.8. The summed E-state index contributed by atoms with van der Waals surface area (Å²) in [5.74, 6) is 0. The van der Waals surface area contributed by atoms with Gasteiger partial charge in [-0.3, -0.25) is 0 Å². The summed E-state index contributed by atoms with van der Waals surface area (Å²) in [6.07, 6.45) is 3.85. The van der Waals surface area contributed by atoms with Crippen LogP contribution in [-0.2, 0) is 0 Å². The molecule has 1 aromatic rings. The zero-order chi connectivity index (χ0) is 14.0. The third-order valence-corrected chi connectivity index (χ3v) is 4.79. The van der Waals surface area contributed by atoms with Gasteiger partial charge in [-0.05, 0) is 51.3 Å². The van der Waals surface area contributed by atoms with Gasteiger partial charge in [0.2, 0.25) is 0 Å². The summed E-state index contributed by atoms with van der Waals surface area (Å²) >= 11 is 9.77. The highest BCUT2D eigenvalue weighted by molar-refractivity contribution is 9.10. The van der Waals surface area contributed by atoms with E-state index in [2.05, 4.69) is 53.2 Å². The third kappa shape index (κ3) is 3.72. The van der Waals surface area contributed by atoms with Crippen molar-refractivity contribution in [3.8, 4) is 0 Å². The molecule has 2 nitrogen and oxygen atoms in total. The molecule has 0 spiro atoms. The maximum absolute atomic E-state index is 6.33. The van der Waals surface area contributed by atoms with E-state index in [1.165, 1.54) is 19.3 Å². The van der Waals surface area contributed by atoms with E-state index in [1.807, 2.05) is 12.1 Å². The van der Waals surface area contributed by atoms with Gasteiger partial charge in [0, 0.05) is 27.6 Å². The molecule has 19 heavy (non-hydrogen) atoms. The molecule has 1 saturated heterocycles. The van der Waals surface area contributed by atoms with Crippen LogP contribution in [-0.4, -0.2) is 17.1 Å². The van der Waals surface area contributed by atoms with E-state index < -0.39 is 0 Å². The lowest BCUT2D eigenvalue weighted by molar-refractivity contribution is 0.0320. The molecule has 0 bridgehead atoms. The Bertz CT molecular complexity index is 428. The van der Waals surface area contributed by atoms with Crippen LogP contribution in [0.25, 0.3) is 0 Å². The molecular weight excluding hydrogens is 324 g/mol. The number of nitrogens with one attached hydrogen (secondary N) is 1. The van der Waals surface area contributed by atoms with E-state index in [-0.39, 0.29) is 6.04 Å². The molecule has 1 aliphatic rings. The Hall–Kier alpha value is -0.0900. The Labute approximate surface area is 129 Å². The summed E-state index contributed by atoms with van der Waals surface area (Å²) in [5, 5.41) is 3.21. The van der Waals surface area contributed by atoms with Crippen LogP contribution < -0.4 is 5.43 Å². The molecule has 1 heterocycles. The van der Waals surface area contributed by atoms with Crippen LogP contribution in [0.5, 0.6) is 0 Å². The second-order valence-electron chi connectivity index (χ2n) is 5.55. The third-order valence-electron chi connectivity index (χ3n) is 3.97. The van der Waals surface area contributed by atoms with E-state index in [0.717, 1.165) is 15.1 Å². The molecule has 4 heteroatoms. The van der Waals surface area contributed by atoms with Crippen molar-refractivity contribution >= 4 is 27.5 Å². The van der Waals surface area contributed by atoms with Crippen LogP contribution in [0.1, 0.15) is 51.6 Å². The lowest BCUT2D eigenvalue weighted by Gasteiger charge is -2.41. The topological polar surface area (TPSA) is 15.3 Å². The lowest BCUT2D eigenvalue weighted by Crippen LogP contribution is -2.52. The zero-order valence-corrected chi connectivity index (χ0v) is 14.1. The fourth-order valence-electron chi connectivity index (χ4n) is 2.82. The molecule has 0 radical (unpaired) electrons. The number of rotatable bonds is 3. The van der Waals surface area contributed by atoms with Gasteiger partial charge in [0.05, 0.1) is 0 Å². The summed E-state index contributed by atoms with van der Waals surface area (Å²) in [6, 6.07) is 7.48. The van der Waals surface area contributed by atoms with E-state index in [4.69, 9.17) is 11.6 Å². The predicted molar refractivity (Wildman–Crippen MR) is 85.3 cm³/mol. The largest absolute Gasteiger partial charge is 0.247 e. The Morgan fingerprint density at radius 2 is 1.95 bits per heavy atom. The molecule has 0 saturated carbocycles. The molecule has 0 amide bonds. The van der Waals surface area contributed by atoms with Crippen molar-refractivity contribution in [1.29, 1.82) is 0 Å². The molecule has 1 aromatic carbocycles. The highest BCUT2D eigenvalue weighted by Crippen LogP contribution is 2.28. The van der Waals surface area contributed by atoms with Gasteiger partial charge in [-0.2, -0.15) is 0 Å². The van der Waals surface area contributed by atoms with Crippen LogP contribution in [0.2, 0.25) is 5.02 Å². The molecule has 1 N–H and O–H groups in total. The van der Waals surface area contributed by atoms with Crippen LogP contribution in [0, 0.1) is 0 Å². The molecule has 3 unspecified atom stereocenters. The normalized spacial score (nSPS) is 26.4. The number of benzene rings is 1. The lowest BCUT2D eigenvalue weighted by atomic mass is 9.99. The minimum Gasteiger partial charge on any atom is -0.247 e. The number of hydrazine groups is 1. The number of hydrogen-bond acceptors (Lipinski definition) is 2. The number of nitrogens with zero attached hydrogens (tertiary/aromatic N) is 1. The maximum atomic E-state index is 6.33. The Balaban J connectivity index is 2.09. The number of halogens is 2. The second-order valence-corrected chi connectivity index (χ2v) is 6.88. The minimum absolute atomic E-state index is 0.226. The van der Waals surface area contributed by atoms with Gasteiger partial charge in [-0.25, -0.2) is 10.4 Å². The van der Waals surface area contributed by atoms with Crippen molar-refractivity contribution in [2.24, 2.45) is 0 Å². The molecule has 2 rings (SSSR count). The molecule has 106 valence electrons. The Morgan fingerprint density at radius 3 is 2.53 bits per heavy atom. The monoisotopic (exact) mass is 344 g/mol. The summed E-state index contributed by atoms with van der Waals surface area (Å²) in [7, 11) is 0. The van der Waals surface area contributed by atoms with E-state index in [0.29, 0.717) is 12.1 Å². The smallest absolute Gasteiger partial charge is 0.0465 e. The van der Waals surface area contributed by atoms with E-state index in [1.54, 1.807) is 0 Å². The quantitative estimate of drug-likeness (QED) is 0.835. The molecule has 0 aliphatic carbocycles. The van der Waals surface area contributed by atoms with Crippen LogP contribution in [0.4, 0.5) is 0 Å². The summed E-state index contributed by atoms with van der Waals surface area (Å²) < 4.78 is 1.02. The molecule has 1 aliphatic heterocycles. The fourth-order valence-corrected chi connectivity index (χ4v) is 3.66. The van der Waals surface area contributed by atoms with Gasteiger partial charge in [0.15, 0.2) is 0 Å². The first kappa shape index (κ1) is 15.3. The Kier molecular flexibility index (Phi) is 5.29. The van der Waals surface area contributed by atoms with Gasteiger partial charge >= 0.3 is 0 Å². The van der Waals surface area contributed by atoms with Gasteiger partial charge in [0.25, 0.3) is 0 Å². The van der Waals surface area contributed by atoms with Gasteiger partial charge in [-0.1, -0.05) is 40.0 Å². The number of hydrogen-bond donors (Lipinski definition) is 1. The van der Waals surface area contributed by atoms with Crippen LogP contribution >= 0.6 is 27.5 Å². The summed E-state index contributed by atoms with van der Waals surface area (Å²) in [4.78, 5) is 0. The SMILES string of the molecule is CC(NN1C(C)CCCC1C)c1ccc(Br)cc1Cl. The highest BCUT2D eigenvalue weighted by atomic mass is 79.9. The fraction of sp³-hybridized carbons (Fsp3) is 0.600. The van der Waals surface area contributed by atoms with Gasteiger partial charge < -0.3 is 0 Å². The average Bonchev–Trinajstić information content (AvgIpc) is 2.33. The van der Waals surface area contributed by atoms with Gasteiger partial charge in [-0.15, -0.1) is 0 Å². The first-order valence-electron chi connectivity index (χ1n) is 6.98. The molecule has 0 aromatic heterocycles. The predicted octanol–water partition coefficient (Wildman–Crippen LogP) is 4.93. The van der Waals surface area contributed by atoms with Crippen LogP contribution in [0.3, 0.4) is 0 Å². The average molecular weight is 346 g/mol. The first-order valence-corrected chi connectivity index (χ1v) is 8.15.